The summed E-state index contributed by atoms with van der Waals surface area (Å²) in [5, 5.41) is 0. The molecule has 0 spiro atoms. The molecule has 1 fully saturated rings. The first-order valence-corrected chi connectivity index (χ1v) is 7.14. The van der Waals surface area contributed by atoms with Crippen molar-refractivity contribution in [3.8, 4) is 5.75 Å². The highest BCUT2D eigenvalue weighted by atomic mass is 16.6. The Morgan fingerprint density at radius 1 is 1.25 bits per heavy atom. The summed E-state index contributed by atoms with van der Waals surface area (Å²) in [5.74, 6) is 0.617. The third kappa shape index (κ3) is 3.42. The van der Waals surface area contributed by atoms with Crippen LogP contribution in [0.4, 0.5) is 10.5 Å². The number of hydrogen-bond acceptors (Lipinski definition) is 4. The molecule has 5 nitrogen and oxygen atoms in total. The van der Waals surface area contributed by atoms with Crippen molar-refractivity contribution in [2.45, 2.75) is 13.8 Å². The van der Waals surface area contributed by atoms with Crippen LogP contribution in [0.25, 0.3) is 0 Å². The van der Waals surface area contributed by atoms with Crippen molar-refractivity contribution in [3.05, 3.63) is 24.3 Å². The van der Waals surface area contributed by atoms with Gasteiger partial charge in [0.25, 0.3) is 0 Å². The molecule has 20 heavy (non-hydrogen) atoms. The van der Waals surface area contributed by atoms with Crippen LogP contribution in [-0.4, -0.2) is 50.4 Å². The van der Waals surface area contributed by atoms with Gasteiger partial charge in [-0.25, -0.2) is 4.79 Å². The van der Waals surface area contributed by atoms with Gasteiger partial charge in [0.15, 0.2) is 5.75 Å². The predicted molar refractivity (Wildman–Crippen MR) is 78.4 cm³/mol. The number of hydrogen-bond donors (Lipinski definition) is 0. The molecule has 1 heterocycles. The van der Waals surface area contributed by atoms with Gasteiger partial charge in [0.2, 0.25) is 0 Å². The Morgan fingerprint density at radius 3 is 2.55 bits per heavy atom. The first-order chi connectivity index (χ1) is 9.76. The molecule has 0 bridgehead atoms. The lowest BCUT2D eigenvalue weighted by atomic mass is 10.2. The second-order valence-corrected chi connectivity index (χ2v) is 4.61. The maximum absolute atomic E-state index is 12.1. The van der Waals surface area contributed by atoms with E-state index in [1.165, 1.54) is 0 Å². The summed E-state index contributed by atoms with van der Waals surface area (Å²) < 4.78 is 10.9. The van der Waals surface area contributed by atoms with Crippen molar-refractivity contribution in [2.75, 3.05) is 44.3 Å². The molecule has 0 saturated carbocycles. The van der Waals surface area contributed by atoms with E-state index >= 15 is 0 Å². The molecule has 1 aromatic rings. The Kier molecular flexibility index (Phi) is 5.24. The van der Waals surface area contributed by atoms with Crippen LogP contribution >= 0.6 is 0 Å². The number of para-hydroxylation sites is 2. The zero-order chi connectivity index (χ0) is 14.4. The van der Waals surface area contributed by atoms with Gasteiger partial charge >= 0.3 is 6.09 Å². The molecule has 1 aliphatic heterocycles. The molecule has 0 atom stereocenters. The summed E-state index contributed by atoms with van der Waals surface area (Å²) in [6.07, 6.45) is -0.296. The monoisotopic (exact) mass is 278 g/mol. The van der Waals surface area contributed by atoms with E-state index in [4.69, 9.17) is 9.47 Å². The number of nitrogens with zero attached hydrogens (tertiary/aromatic N) is 2. The Bertz CT molecular complexity index is 440. The van der Waals surface area contributed by atoms with Crippen LogP contribution in [-0.2, 0) is 4.74 Å². The van der Waals surface area contributed by atoms with Crippen molar-refractivity contribution < 1.29 is 14.3 Å². The van der Waals surface area contributed by atoms with Gasteiger partial charge in [0.05, 0.1) is 18.9 Å². The van der Waals surface area contributed by atoms with E-state index in [0.29, 0.717) is 32.1 Å². The molecule has 5 heteroatoms. The molecular formula is C15H22N2O3. The van der Waals surface area contributed by atoms with Crippen LogP contribution in [0.1, 0.15) is 13.8 Å². The molecule has 2 rings (SSSR count). The summed E-state index contributed by atoms with van der Waals surface area (Å²) in [6.45, 7) is 8.23. The minimum atomic E-state index is -0.296. The average molecular weight is 278 g/mol. The maximum atomic E-state index is 12.1. The Morgan fingerprint density at radius 2 is 1.90 bits per heavy atom. The number of anilines is 1. The zero-order valence-corrected chi connectivity index (χ0v) is 12.2. The smallest absolute Gasteiger partial charge is 0.408 e. The predicted octanol–water partition coefficient (Wildman–Crippen LogP) is 2.36. The molecule has 1 aliphatic rings. The van der Waals surface area contributed by atoms with Crippen molar-refractivity contribution in [2.24, 2.45) is 0 Å². The summed E-state index contributed by atoms with van der Waals surface area (Å²) in [6, 6.07) is 7.66. The summed E-state index contributed by atoms with van der Waals surface area (Å²) in [5.41, 5.74) is 0.955. The standard InChI is InChI=1S/C15H22N2O3/c1-3-16(4-2)15(18)20-14-8-6-5-7-13(14)17-9-11-19-12-10-17/h5-8H,3-4,9-12H2,1-2H3. The molecule has 0 unspecified atom stereocenters. The van der Waals surface area contributed by atoms with Gasteiger partial charge in [-0.15, -0.1) is 0 Å². The van der Waals surface area contributed by atoms with E-state index in [9.17, 15) is 4.79 Å². The second kappa shape index (κ2) is 7.14. The van der Waals surface area contributed by atoms with Gasteiger partial charge in [0.1, 0.15) is 0 Å². The molecule has 0 aliphatic carbocycles. The van der Waals surface area contributed by atoms with E-state index in [0.717, 1.165) is 18.8 Å². The van der Waals surface area contributed by atoms with Crippen molar-refractivity contribution >= 4 is 11.8 Å². The first kappa shape index (κ1) is 14.7. The third-order valence-corrected chi connectivity index (χ3v) is 3.44. The molecule has 1 aromatic carbocycles. The summed E-state index contributed by atoms with van der Waals surface area (Å²) in [7, 11) is 0. The van der Waals surface area contributed by atoms with Crippen LogP contribution in [0.15, 0.2) is 24.3 Å². The van der Waals surface area contributed by atoms with E-state index in [2.05, 4.69) is 4.90 Å². The summed E-state index contributed by atoms with van der Waals surface area (Å²) >= 11 is 0. The van der Waals surface area contributed by atoms with Crippen molar-refractivity contribution in [1.82, 2.24) is 4.90 Å². The normalized spacial score (nSPS) is 15.0. The number of carbonyl (C=O) groups is 1. The number of ether oxygens (including phenoxy) is 2. The minimum absolute atomic E-state index is 0.296. The Labute approximate surface area is 120 Å². The fraction of sp³-hybridized carbons (Fsp3) is 0.533. The van der Waals surface area contributed by atoms with Crippen molar-refractivity contribution in [1.29, 1.82) is 0 Å². The number of amides is 1. The Balaban J connectivity index is 2.13. The van der Waals surface area contributed by atoms with Gasteiger partial charge in [-0.2, -0.15) is 0 Å². The summed E-state index contributed by atoms with van der Waals surface area (Å²) in [4.78, 5) is 15.9. The first-order valence-electron chi connectivity index (χ1n) is 7.14. The molecule has 1 amide bonds. The lowest BCUT2D eigenvalue weighted by Crippen LogP contribution is -2.37. The molecular weight excluding hydrogens is 256 g/mol. The van der Waals surface area contributed by atoms with E-state index in [-0.39, 0.29) is 6.09 Å². The zero-order valence-electron chi connectivity index (χ0n) is 12.2. The fourth-order valence-corrected chi connectivity index (χ4v) is 2.25. The quantitative estimate of drug-likeness (QED) is 0.848. The van der Waals surface area contributed by atoms with Gasteiger partial charge < -0.3 is 19.3 Å². The number of rotatable bonds is 4. The van der Waals surface area contributed by atoms with Crippen LogP contribution < -0.4 is 9.64 Å². The van der Waals surface area contributed by atoms with E-state index in [1.54, 1.807) is 4.90 Å². The average Bonchev–Trinajstić information content (AvgIpc) is 2.50. The topological polar surface area (TPSA) is 42.0 Å². The highest BCUT2D eigenvalue weighted by molar-refractivity contribution is 5.74. The highest BCUT2D eigenvalue weighted by Crippen LogP contribution is 2.29. The number of carbonyl (C=O) groups excluding carboxylic acids is 1. The second-order valence-electron chi connectivity index (χ2n) is 4.61. The van der Waals surface area contributed by atoms with Gasteiger partial charge in [-0.1, -0.05) is 12.1 Å². The van der Waals surface area contributed by atoms with E-state index < -0.39 is 0 Å². The highest BCUT2D eigenvalue weighted by Gasteiger charge is 2.18. The molecule has 110 valence electrons. The van der Waals surface area contributed by atoms with Crippen LogP contribution in [0.3, 0.4) is 0 Å². The van der Waals surface area contributed by atoms with Crippen LogP contribution in [0, 0.1) is 0 Å². The van der Waals surface area contributed by atoms with Gasteiger partial charge in [-0.05, 0) is 26.0 Å². The van der Waals surface area contributed by atoms with Gasteiger partial charge in [0, 0.05) is 26.2 Å². The molecule has 0 radical (unpaired) electrons. The van der Waals surface area contributed by atoms with Crippen LogP contribution in [0.2, 0.25) is 0 Å². The number of benzene rings is 1. The fourth-order valence-electron chi connectivity index (χ4n) is 2.25. The number of morpholine rings is 1. The lowest BCUT2D eigenvalue weighted by molar-refractivity contribution is 0.122. The minimum Gasteiger partial charge on any atom is -0.408 e. The largest absolute Gasteiger partial charge is 0.415 e. The Hall–Kier alpha value is -1.75. The van der Waals surface area contributed by atoms with E-state index in [1.807, 2.05) is 38.1 Å². The van der Waals surface area contributed by atoms with Crippen LogP contribution in [0.5, 0.6) is 5.75 Å². The lowest BCUT2D eigenvalue weighted by Gasteiger charge is -2.30. The molecule has 1 saturated heterocycles. The third-order valence-electron chi connectivity index (χ3n) is 3.44. The SMILES string of the molecule is CCN(CC)C(=O)Oc1ccccc1N1CCOCC1. The molecule has 0 N–H and O–H groups in total. The van der Waals surface area contributed by atoms with Crippen molar-refractivity contribution in [3.63, 3.8) is 0 Å². The van der Waals surface area contributed by atoms with Gasteiger partial charge in [-0.3, -0.25) is 0 Å². The maximum Gasteiger partial charge on any atom is 0.415 e. The molecule has 0 aromatic heterocycles.